The van der Waals surface area contributed by atoms with Crippen LogP contribution in [0, 0.1) is 5.82 Å². The van der Waals surface area contributed by atoms with Crippen LogP contribution in [-0.2, 0) is 6.54 Å². The molecule has 0 bridgehead atoms. The molecule has 0 aliphatic rings. The van der Waals surface area contributed by atoms with E-state index in [9.17, 15) is 9.50 Å². The Morgan fingerprint density at radius 2 is 2.09 bits per heavy atom. The van der Waals surface area contributed by atoms with Crippen LogP contribution in [0.25, 0.3) is 0 Å². The van der Waals surface area contributed by atoms with Crippen LogP contribution in [0.2, 0.25) is 5.02 Å². The minimum absolute atomic E-state index is 0.0105. The molecule has 0 spiro atoms. The van der Waals surface area contributed by atoms with Crippen LogP contribution in [0.15, 0.2) is 55.1 Å². The summed E-state index contributed by atoms with van der Waals surface area (Å²) >= 11 is 11.3. The van der Waals surface area contributed by atoms with Crippen molar-refractivity contribution in [1.82, 2.24) is 5.32 Å². The van der Waals surface area contributed by atoms with Crippen molar-refractivity contribution in [3.8, 4) is 5.75 Å². The molecule has 0 heterocycles. The van der Waals surface area contributed by atoms with Crippen LogP contribution in [0.3, 0.4) is 0 Å². The van der Waals surface area contributed by atoms with Gasteiger partial charge in [0.25, 0.3) is 0 Å². The normalized spacial score (nSPS) is 10.2. The summed E-state index contributed by atoms with van der Waals surface area (Å²) in [6, 6.07) is 11.3. The molecule has 23 heavy (non-hydrogen) atoms. The van der Waals surface area contributed by atoms with Gasteiger partial charge in [-0.3, -0.25) is 0 Å². The Balaban J connectivity index is 2.34. The van der Waals surface area contributed by atoms with Crippen molar-refractivity contribution in [2.45, 2.75) is 6.54 Å². The number of halogens is 2. The zero-order valence-corrected chi connectivity index (χ0v) is 13.9. The van der Waals surface area contributed by atoms with Gasteiger partial charge in [-0.1, -0.05) is 35.9 Å². The molecule has 0 unspecified atom stereocenters. The van der Waals surface area contributed by atoms with Gasteiger partial charge in [0, 0.05) is 17.8 Å². The van der Waals surface area contributed by atoms with Crippen LogP contribution in [-0.4, -0.2) is 16.8 Å². The van der Waals surface area contributed by atoms with E-state index in [0.29, 0.717) is 29.5 Å². The summed E-state index contributed by atoms with van der Waals surface area (Å²) in [4.78, 5) is 1.74. The number of thiocarbonyl (C=S) groups is 1. The summed E-state index contributed by atoms with van der Waals surface area (Å²) in [5.41, 5.74) is 1.32. The highest BCUT2D eigenvalue weighted by atomic mass is 35.5. The minimum Gasteiger partial charge on any atom is -0.508 e. The van der Waals surface area contributed by atoms with Crippen LogP contribution in [0.1, 0.15) is 5.56 Å². The lowest BCUT2D eigenvalue weighted by Gasteiger charge is -2.26. The molecular formula is C17H16ClFN2OS. The lowest BCUT2D eigenvalue weighted by atomic mass is 10.1. The van der Waals surface area contributed by atoms with E-state index in [1.54, 1.807) is 35.2 Å². The number of anilines is 1. The van der Waals surface area contributed by atoms with Crippen molar-refractivity contribution in [3.63, 3.8) is 0 Å². The maximum Gasteiger partial charge on any atom is 0.174 e. The molecule has 120 valence electrons. The second-order valence-corrected chi connectivity index (χ2v) is 5.58. The third-order valence-electron chi connectivity index (χ3n) is 3.18. The van der Waals surface area contributed by atoms with E-state index in [1.165, 1.54) is 12.1 Å². The van der Waals surface area contributed by atoms with Crippen molar-refractivity contribution >= 4 is 34.6 Å². The maximum atomic E-state index is 13.4. The van der Waals surface area contributed by atoms with Crippen molar-refractivity contribution in [1.29, 1.82) is 0 Å². The fourth-order valence-electron chi connectivity index (χ4n) is 2.00. The number of nitrogens with one attached hydrogen (secondary N) is 1. The van der Waals surface area contributed by atoms with Gasteiger partial charge in [-0.05, 0) is 36.5 Å². The second kappa shape index (κ2) is 7.94. The summed E-state index contributed by atoms with van der Waals surface area (Å²) in [7, 11) is 0. The molecular weight excluding hydrogens is 335 g/mol. The molecule has 2 aromatic carbocycles. The fraction of sp³-hybridized carbons (Fsp3) is 0.118. The summed E-state index contributed by atoms with van der Waals surface area (Å²) < 4.78 is 13.4. The van der Waals surface area contributed by atoms with Gasteiger partial charge in [0.05, 0.1) is 11.6 Å². The molecule has 3 nitrogen and oxygen atoms in total. The minimum atomic E-state index is -0.497. The first-order valence-corrected chi connectivity index (χ1v) is 7.69. The van der Waals surface area contributed by atoms with E-state index in [4.69, 9.17) is 23.8 Å². The van der Waals surface area contributed by atoms with Gasteiger partial charge < -0.3 is 15.3 Å². The highest BCUT2D eigenvalue weighted by molar-refractivity contribution is 7.80. The second-order valence-electron chi connectivity index (χ2n) is 4.79. The highest BCUT2D eigenvalue weighted by Crippen LogP contribution is 2.26. The quantitative estimate of drug-likeness (QED) is 0.624. The van der Waals surface area contributed by atoms with E-state index in [-0.39, 0.29) is 10.8 Å². The zero-order chi connectivity index (χ0) is 16.8. The van der Waals surface area contributed by atoms with Gasteiger partial charge >= 0.3 is 0 Å². The predicted octanol–water partition coefficient (Wildman–Crippen LogP) is 4.25. The summed E-state index contributed by atoms with van der Waals surface area (Å²) in [6.45, 7) is 4.45. The Morgan fingerprint density at radius 3 is 2.74 bits per heavy atom. The molecule has 0 fully saturated rings. The zero-order valence-electron chi connectivity index (χ0n) is 12.3. The molecule has 0 radical (unpaired) electrons. The molecule has 2 rings (SSSR count). The molecule has 2 N–H and O–H groups in total. The van der Waals surface area contributed by atoms with Crippen LogP contribution in [0.5, 0.6) is 5.75 Å². The Morgan fingerprint density at radius 1 is 1.35 bits per heavy atom. The van der Waals surface area contributed by atoms with Gasteiger partial charge in [0.15, 0.2) is 5.11 Å². The van der Waals surface area contributed by atoms with Gasteiger partial charge in [-0.15, -0.1) is 6.58 Å². The fourth-order valence-corrected chi connectivity index (χ4v) is 2.43. The first-order chi connectivity index (χ1) is 11.0. The molecule has 0 atom stereocenters. The van der Waals surface area contributed by atoms with Crippen molar-refractivity contribution in [2.75, 3.05) is 11.4 Å². The number of phenols is 1. The first-order valence-electron chi connectivity index (χ1n) is 6.91. The van der Waals surface area contributed by atoms with Gasteiger partial charge in [-0.2, -0.15) is 0 Å². The third-order valence-corrected chi connectivity index (χ3v) is 3.83. The summed E-state index contributed by atoms with van der Waals surface area (Å²) in [5.74, 6) is -0.333. The number of rotatable bonds is 5. The monoisotopic (exact) mass is 350 g/mol. The Labute approximate surface area is 145 Å². The van der Waals surface area contributed by atoms with Crippen molar-refractivity contribution in [2.24, 2.45) is 0 Å². The number of benzene rings is 2. The average molecular weight is 351 g/mol. The lowest BCUT2D eigenvalue weighted by Crippen LogP contribution is -2.39. The van der Waals surface area contributed by atoms with Crippen LogP contribution < -0.4 is 10.2 Å². The Hall–Kier alpha value is -2.11. The molecule has 0 aliphatic carbocycles. The van der Waals surface area contributed by atoms with Crippen molar-refractivity contribution in [3.05, 3.63) is 71.5 Å². The summed E-state index contributed by atoms with van der Waals surface area (Å²) in [6.07, 6.45) is 1.68. The van der Waals surface area contributed by atoms with E-state index >= 15 is 0 Å². The van der Waals surface area contributed by atoms with Crippen LogP contribution in [0.4, 0.5) is 10.1 Å². The number of phenolic OH excluding ortho intramolecular Hbond substituents is 1. The van der Waals surface area contributed by atoms with E-state index < -0.39 is 5.82 Å². The number of hydrogen-bond acceptors (Lipinski definition) is 2. The largest absolute Gasteiger partial charge is 0.508 e. The Kier molecular flexibility index (Phi) is 5.96. The molecule has 0 aromatic heterocycles. The number of nitrogens with zero attached hydrogens (tertiary/aromatic N) is 1. The molecule has 0 aliphatic heterocycles. The van der Waals surface area contributed by atoms with E-state index in [2.05, 4.69) is 11.9 Å². The standard InChI is InChI=1S/C17H16ClFN2OS/c1-2-9-20-17(23)21(11-12-5-3-4-6-16(12)22)13-7-8-15(19)14(18)10-13/h2-8,10,22H,1,9,11H2,(H,20,23). The van der Waals surface area contributed by atoms with E-state index in [0.717, 1.165) is 0 Å². The van der Waals surface area contributed by atoms with Gasteiger partial charge in [-0.25, -0.2) is 4.39 Å². The molecule has 0 saturated heterocycles. The summed E-state index contributed by atoms with van der Waals surface area (Å²) in [5, 5.41) is 13.4. The Bertz CT molecular complexity index is 723. The van der Waals surface area contributed by atoms with E-state index in [1.807, 2.05) is 6.07 Å². The smallest absolute Gasteiger partial charge is 0.174 e. The lowest BCUT2D eigenvalue weighted by molar-refractivity contribution is 0.468. The number of hydrogen-bond donors (Lipinski definition) is 2. The maximum absolute atomic E-state index is 13.4. The third kappa shape index (κ3) is 4.43. The van der Waals surface area contributed by atoms with Gasteiger partial charge in [0.2, 0.25) is 0 Å². The molecule has 0 amide bonds. The van der Waals surface area contributed by atoms with Crippen LogP contribution >= 0.6 is 23.8 Å². The SMILES string of the molecule is C=CCNC(=S)N(Cc1ccccc1O)c1ccc(F)c(Cl)c1. The highest BCUT2D eigenvalue weighted by Gasteiger charge is 2.15. The first kappa shape index (κ1) is 17.2. The molecule has 0 saturated carbocycles. The topological polar surface area (TPSA) is 35.5 Å². The predicted molar refractivity (Wildman–Crippen MR) is 96.5 cm³/mol. The van der Waals surface area contributed by atoms with Crippen molar-refractivity contribution < 1.29 is 9.50 Å². The number of aromatic hydroxyl groups is 1. The number of para-hydroxylation sites is 1. The molecule has 6 heteroatoms. The van der Waals surface area contributed by atoms with Gasteiger partial charge in [0.1, 0.15) is 11.6 Å². The average Bonchev–Trinajstić information content (AvgIpc) is 2.54. The molecule has 2 aromatic rings.